The van der Waals surface area contributed by atoms with E-state index in [-0.39, 0.29) is 17.9 Å². The van der Waals surface area contributed by atoms with Gasteiger partial charge in [-0.05, 0) is 18.8 Å². The molecule has 0 saturated heterocycles. The summed E-state index contributed by atoms with van der Waals surface area (Å²) in [6.45, 7) is 0.750. The second kappa shape index (κ2) is 8.14. The van der Waals surface area contributed by atoms with Gasteiger partial charge < -0.3 is 15.7 Å². The Morgan fingerprint density at radius 2 is 1.95 bits per heavy atom. The van der Waals surface area contributed by atoms with Gasteiger partial charge in [0, 0.05) is 35.9 Å². The van der Waals surface area contributed by atoms with Crippen molar-refractivity contribution < 1.29 is 18.9 Å². The number of carbonyl (C=O) groups excluding carboxylic acids is 1. The highest BCUT2D eigenvalue weighted by Crippen LogP contribution is 2.29. The Kier molecular flexibility index (Phi) is 6.83. The molecule has 19 heavy (non-hydrogen) atoms. The van der Waals surface area contributed by atoms with E-state index in [0.717, 1.165) is 19.3 Å². The van der Waals surface area contributed by atoms with Crippen molar-refractivity contribution in [1.29, 1.82) is 0 Å². The van der Waals surface area contributed by atoms with Gasteiger partial charge in [0.15, 0.2) is 0 Å². The van der Waals surface area contributed by atoms with Crippen LogP contribution in [0.5, 0.6) is 0 Å². The van der Waals surface area contributed by atoms with E-state index < -0.39 is 16.8 Å². The molecule has 0 aliphatic heterocycles. The van der Waals surface area contributed by atoms with Crippen molar-refractivity contribution in [2.75, 3.05) is 25.1 Å². The van der Waals surface area contributed by atoms with E-state index in [1.165, 1.54) is 0 Å². The van der Waals surface area contributed by atoms with Crippen molar-refractivity contribution >= 4 is 22.8 Å². The van der Waals surface area contributed by atoms with E-state index in [1.54, 1.807) is 6.26 Å². The molecule has 0 spiro atoms. The monoisotopic (exact) mass is 290 g/mol. The zero-order valence-corrected chi connectivity index (χ0v) is 12.0. The molecule has 0 aromatic carbocycles. The molecule has 1 fully saturated rings. The van der Waals surface area contributed by atoms with Gasteiger partial charge in [-0.3, -0.25) is 9.00 Å². The number of hydrogen-bond donors (Lipinski definition) is 3. The molecule has 0 aromatic heterocycles. The summed E-state index contributed by atoms with van der Waals surface area (Å²) in [5.74, 6) is -0.683. The van der Waals surface area contributed by atoms with Gasteiger partial charge in [0.05, 0.1) is 5.92 Å². The first-order valence-corrected chi connectivity index (χ1v) is 8.28. The normalized spacial score (nSPS) is 24.5. The number of nitrogens with one attached hydrogen (secondary N) is 2. The predicted molar refractivity (Wildman–Crippen MR) is 73.4 cm³/mol. The first-order chi connectivity index (χ1) is 9.00. The van der Waals surface area contributed by atoms with E-state index in [1.807, 2.05) is 0 Å². The number of urea groups is 1. The maximum Gasteiger partial charge on any atom is 0.314 e. The fraction of sp³-hybridized carbons (Fsp3) is 0.833. The van der Waals surface area contributed by atoms with Gasteiger partial charge in [0.25, 0.3) is 0 Å². The summed E-state index contributed by atoms with van der Waals surface area (Å²) in [6.07, 6.45) is 5.09. The molecule has 2 amide bonds. The van der Waals surface area contributed by atoms with Crippen LogP contribution >= 0.6 is 0 Å². The minimum absolute atomic E-state index is 0.0114. The summed E-state index contributed by atoms with van der Waals surface area (Å²) in [4.78, 5) is 22.6. The third-order valence-electron chi connectivity index (χ3n) is 3.43. The molecule has 3 N–H and O–H groups in total. The SMILES string of the molecule is CS(=O)CCNC(=O)NCC1CCCCC1C(=O)O. The van der Waals surface area contributed by atoms with E-state index >= 15 is 0 Å². The molecular formula is C12H22N2O4S. The Morgan fingerprint density at radius 3 is 2.58 bits per heavy atom. The second-order valence-corrected chi connectivity index (χ2v) is 6.46. The number of aliphatic carboxylic acids is 1. The van der Waals surface area contributed by atoms with Crippen molar-refractivity contribution in [2.45, 2.75) is 25.7 Å². The number of carboxylic acid groups (broad SMARTS) is 1. The molecule has 7 heteroatoms. The lowest BCUT2D eigenvalue weighted by Crippen LogP contribution is -2.42. The zero-order chi connectivity index (χ0) is 14.3. The third kappa shape index (κ3) is 6.04. The average molecular weight is 290 g/mol. The number of carbonyl (C=O) groups is 2. The standard InChI is InChI=1S/C12H22N2O4S/c1-19(18)7-6-13-12(17)14-8-9-4-2-3-5-10(9)11(15)16/h9-10H,2-8H2,1H3,(H,15,16)(H2,13,14,17). The Balaban J connectivity index is 2.27. The highest BCUT2D eigenvalue weighted by molar-refractivity contribution is 7.84. The van der Waals surface area contributed by atoms with Crippen LogP contribution in [-0.4, -0.2) is 46.4 Å². The third-order valence-corrected chi connectivity index (χ3v) is 4.21. The van der Waals surface area contributed by atoms with Crippen molar-refractivity contribution in [3.8, 4) is 0 Å². The minimum atomic E-state index is -0.922. The van der Waals surface area contributed by atoms with Gasteiger partial charge in [-0.15, -0.1) is 0 Å². The summed E-state index contributed by atoms with van der Waals surface area (Å²) < 4.78 is 10.8. The molecule has 6 nitrogen and oxygen atoms in total. The van der Waals surface area contributed by atoms with Crippen LogP contribution in [0.1, 0.15) is 25.7 Å². The van der Waals surface area contributed by atoms with Crippen LogP contribution in [0.3, 0.4) is 0 Å². The van der Waals surface area contributed by atoms with Gasteiger partial charge in [0.2, 0.25) is 0 Å². The number of hydrogen-bond acceptors (Lipinski definition) is 3. The molecule has 1 aliphatic carbocycles. The summed E-state index contributed by atoms with van der Waals surface area (Å²) in [7, 11) is -0.922. The molecule has 0 heterocycles. The average Bonchev–Trinajstić information content (AvgIpc) is 2.36. The lowest BCUT2D eigenvalue weighted by Gasteiger charge is -2.28. The highest BCUT2D eigenvalue weighted by Gasteiger charge is 2.30. The largest absolute Gasteiger partial charge is 0.481 e. The molecule has 1 aliphatic rings. The van der Waals surface area contributed by atoms with E-state index in [9.17, 15) is 13.8 Å². The van der Waals surface area contributed by atoms with Crippen molar-refractivity contribution in [2.24, 2.45) is 11.8 Å². The van der Waals surface area contributed by atoms with Crippen LogP contribution in [0, 0.1) is 11.8 Å². The van der Waals surface area contributed by atoms with Gasteiger partial charge in [-0.25, -0.2) is 4.79 Å². The highest BCUT2D eigenvalue weighted by atomic mass is 32.2. The van der Waals surface area contributed by atoms with Gasteiger partial charge in [-0.2, -0.15) is 0 Å². The Labute approximate surface area is 115 Å². The molecule has 3 atom stereocenters. The first-order valence-electron chi connectivity index (χ1n) is 6.55. The zero-order valence-electron chi connectivity index (χ0n) is 11.2. The Morgan fingerprint density at radius 1 is 1.26 bits per heavy atom. The first kappa shape index (κ1) is 15.9. The lowest BCUT2D eigenvalue weighted by atomic mass is 9.79. The van der Waals surface area contributed by atoms with E-state index in [4.69, 9.17) is 5.11 Å². The maximum atomic E-state index is 11.5. The van der Waals surface area contributed by atoms with Crippen molar-refractivity contribution in [1.82, 2.24) is 10.6 Å². The molecule has 110 valence electrons. The van der Waals surface area contributed by atoms with Gasteiger partial charge >= 0.3 is 12.0 Å². The van der Waals surface area contributed by atoms with Crippen molar-refractivity contribution in [3.63, 3.8) is 0 Å². The van der Waals surface area contributed by atoms with E-state index in [2.05, 4.69) is 10.6 Å². The molecule has 0 aromatic rings. The fourth-order valence-corrected chi connectivity index (χ4v) is 2.76. The summed E-state index contributed by atoms with van der Waals surface area (Å²) >= 11 is 0. The van der Waals surface area contributed by atoms with Crippen molar-refractivity contribution in [3.05, 3.63) is 0 Å². The number of rotatable bonds is 6. The minimum Gasteiger partial charge on any atom is -0.481 e. The maximum absolute atomic E-state index is 11.5. The van der Waals surface area contributed by atoms with Crippen LogP contribution in [0.15, 0.2) is 0 Å². The predicted octanol–water partition coefficient (Wildman–Crippen LogP) is 0.555. The molecule has 1 saturated carbocycles. The van der Waals surface area contributed by atoms with Gasteiger partial charge in [-0.1, -0.05) is 12.8 Å². The molecule has 0 bridgehead atoms. The summed E-state index contributed by atoms with van der Waals surface area (Å²) in [5.41, 5.74) is 0. The lowest BCUT2D eigenvalue weighted by molar-refractivity contribution is -0.144. The Bertz CT molecular complexity index is 349. The fourth-order valence-electron chi connectivity index (χ4n) is 2.37. The second-order valence-electron chi connectivity index (χ2n) is 4.90. The smallest absolute Gasteiger partial charge is 0.314 e. The number of amides is 2. The number of carboxylic acids is 1. The molecule has 3 unspecified atom stereocenters. The molecule has 0 radical (unpaired) electrons. The van der Waals surface area contributed by atoms with Crippen LogP contribution in [0.25, 0.3) is 0 Å². The van der Waals surface area contributed by atoms with Gasteiger partial charge in [0.1, 0.15) is 0 Å². The van der Waals surface area contributed by atoms with Crippen LogP contribution in [0.4, 0.5) is 4.79 Å². The molecule has 1 rings (SSSR count). The summed E-state index contributed by atoms with van der Waals surface area (Å²) in [6, 6.07) is -0.319. The van der Waals surface area contributed by atoms with Crippen LogP contribution in [-0.2, 0) is 15.6 Å². The summed E-state index contributed by atoms with van der Waals surface area (Å²) in [5, 5.41) is 14.4. The van der Waals surface area contributed by atoms with E-state index in [0.29, 0.717) is 25.3 Å². The van der Waals surface area contributed by atoms with Crippen LogP contribution in [0.2, 0.25) is 0 Å². The quantitative estimate of drug-likeness (QED) is 0.666. The Hall–Kier alpha value is -1.11. The topological polar surface area (TPSA) is 95.5 Å². The van der Waals surface area contributed by atoms with Crippen LogP contribution < -0.4 is 10.6 Å². The molecular weight excluding hydrogens is 268 g/mol.